The van der Waals surface area contributed by atoms with E-state index < -0.39 is 0 Å². The van der Waals surface area contributed by atoms with Crippen molar-refractivity contribution >= 4 is 28.3 Å². The summed E-state index contributed by atoms with van der Waals surface area (Å²) in [5, 5.41) is 12.2. The van der Waals surface area contributed by atoms with Crippen LogP contribution in [0.2, 0.25) is 0 Å². The molecule has 0 fully saturated rings. The average molecular weight is 347 g/mol. The van der Waals surface area contributed by atoms with Crippen LogP contribution in [0.25, 0.3) is 10.6 Å². The van der Waals surface area contributed by atoms with Gasteiger partial charge in [0.25, 0.3) is 0 Å². The van der Waals surface area contributed by atoms with E-state index in [0.717, 1.165) is 36.3 Å². The number of ether oxygens (including phenoxy) is 1. The van der Waals surface area contributed by atoms with Crippen molar-refractivity contribution in [1.29, 1.82) is 0 Å². The van der Waals surface area contributed by atoms with Gasteiger partial charge in [0.2, 0.25) is 11.0 Å². The first-order chi connectivity index (χ1) is 11.7. The highest BCUT2D eigenvalue weighted by Gasteiger charge is 2.09. The molecular weight excluding hydrogens is 326 g/mol. The third kappa shape index (κ3) is 6.08. The Hall–Kier alpha value is -2.28. The Bertz CT molecular complexity index is 658. The van der Waals surface area contributed by atoms with Gasteiger partial charge in [0.15, 0.2) is 0 Å². The standard InChI is InChI=1S/C17H21N3O3S/c1-23-15(22)12-8-3-2-7-11-14(21)18-17-20-19-16(24-17)13-9-5-4-6-10-13/h4-6,9-10H,2-3,7-8,11-12H2,1H3,(H,18,20,21). The minimum absolute atomic E-state index is 0.0567. The van der Waals surface area contributed by atoms with Crippen molar-refractivity contribution in [2.45, 2.75) is 38.5 Å². The van der Waals surface area contributed by atoms with Crippen LogP contribution in [-0.4, -0.2) is 29.2 Å². The summed E-state index contributed by atoms with van der Waals surface area (Å²) in [4.78, 5) is 22.9. The fourth-order valence-electron chi connectivity index (χ4n) is 2.16. The number of nitrogens with one attached hydrogen (secondary N) is 1. The summed E-state index contributed by atoms with van der Waals surface area (Å²) in [5.74, 6) is -0.239. The summed E-state index contributed by atoms with van der Waals surface area (Å²) in [5.41, 5.74) is 0.987. The molecule has 0 aliphatic heterocycles. The summed E-state index contributed by atoms with van der Waals surface area (Å²) < 4.78 is 4.58. The molecule has 1 amide bonds. The van der Waals surface area contributed by atoms with Crippen molar-refractivity contribution < 1.29 is 14.3 Å². The molecule has 2 aromatic rings. The number of rotatable bonds is 9. The second-order valence-corrected chi connectivity index (χ2v) is 6.29. The number of anilines is 1. The molecule has 0 saturated carbocycles. The first-order valence-electron chi connectivity index (χ1n) is 7.94. The van der Waals surface area contributed by atoms with Crippen LogP contribution >= 0.6 is 11.3 Å². The van der Waals surface area contributed by atoms with Gasteiger partial charge in [-0.25, -0.2) is 0 Å². The number of benzene rings is 1. The van der Waals surface area contributed by atoms with Crippen molar-refractivity contribution in [1.82, 2.24) is 10.2 Å². The van der Waals surface area contributed by atoms with Crippen LogP contribution < -0.4 is 5.32 Å². The van der Waals surface area contributed by atoms with Crippen LogP contribution in [-0.2, 0) is 14.3 Å². The van der Waals surface area contributed by atoms with Crippen LogP contribution in [0.5, 0.6) is 0 Å². The monoisotopic (exact) mass is 347 g/mol. The van der Waals surface area contributed by atoms with Crippen LogP contribution in [0.1, 0.15) is 38.5 Å². The van der Waals surface area contributed by atoms with Gasteiger partial charge in [-0.05, 0) is 12.8 Å². The zero-order chi connectivity index (χ0) is 17.2. The first-order valence-corrected chi connectivity index (χ1v) is 8.76. The third-order valence-corrected chi connectivity index (χ3v) is 4.34. The van der Waals surface area contributed by atoms with Gasteiger partial charge < -0.3 is 10.1 Å². The van der Waals surface area contributed by atoms with Gasteiger partial charge in [0, 0.05) is 18.4 Å². The fourth-order valence-corrected chi connectivity index (χ4v) is 2.93. The molecule has 6 nitrogen and oxygen atoms in total. The molecule has 0 aliphatic rings. The number of amides is 1. The number of nitrogens with zero attached hydrogens (tertiary/aromatic N) is 2. The molecule has 0 saturated heterocycles. The molecule has 2 rings (SSSR count). The molecule has 0 unspecified atom stereocenters. The van der Waals surface area contributed by atoms with E-state index >= 15 is 0 Å². The number of carbonyl (C=O) groups is 2. The van der Waals surface area contributed by atoms with Gasteiger partial charge in [-0.2, -0.15) is 0 Å². The highest BCUT2D eigenvalue weighted by Crippen LogP contribution is 2.26. The first kappa shape index (κ1) is 18.1. The zero-order valence-corrected chi connectivity index (χ0v) is 14.5. The van der Waals surface area contributed by atoms with E-state index in [-0.39, 0.29) is 11.9 Å². The Morgan fingerprint density at radius 3 is 2.46 bits per heavy atom. The number of methoxy groups -OCH3 is 1. The van der Waals surface area contributed by atoms with Crippen molar-refractivity contribution in [3.63, 3.8) is 0 Å². The Labute approximate surface area is 145 Å². The predicted molar refractivity (Wildman–Crippen MR) is 93.7 cm³/mol. The molecule has 7 heteroatoms. The van der Waals surface area contributed by atoms with E-state index in [1.54, 1.807) is 0 Å². The number of aromatic nitrogens is 2. The smallest absolute Gasteiger partial charge is 0.305 e. The minimum atomic E-state index is -0.182. The van der Waals surface area contributed by atoms with Crippen molar-refractivity contribution in [3.05, 3.63) is 30.3 Å². The second kappa shape index (κ2) is 9.77. The lowest BCUT2D eigenvalue weighted by atomic mass is 10.1. The molecule has 0 aliphatic carbocycles. The summed E-state index contributed by atoms with van der Waals surface area (Å²) >= 11 is 1.36. The van der Waals surface area contributed by atoms with Gasteiger partial charge in [-0.3, -0.25) is 9.59 Å². The molecule has 0 spiro atoms. The maximum atomic E-state index is 11.9. The molecule has 128 valence electrons. The van der Waals surface area contributed by atoms with E-state index in [4.69, 9.17) is 0 Å². The number of unbranched alkanes of at least 4 members (excludes halogenated alkanes) is 3. The quantitative estimate of drug-likeness (QED) is 0.553. The van der Waals surface area contributed by atoms with Gasteiger partial charge in [0.05, 0.1) is 7.11 Å². The lowest BCUT2D eigenvalue weighted by molar-refractivity contribution is -0.140. The summed E-state index contributed by atoms with van der Waals surface area (Å²) in [6.07, 6.45) is 4.30. The molecule has 0 atom stereocenters. The third-order valence-electron chi connectivity index (χ3n) is 3.45. The molecule has 0 bridgehead atoms. The van der Waals surface area contributed by atoms with E-state index in [1.807, 2.05) is 30.3 Å². The summed E-state index contributed by atoms with van der Waals surface area (Å²) in [7, 11) is 1.39. The predicted octanol–water partition coefficient (Wildman–Crippen LogP) is 3.66. The molecule has 1 heterocycles. The largest absolute Gasteiger partial charge is 0.469 e. The Kier molecular flexibility index (Phi) is 7.35. The average Bonchev–Trinajstić information content (AvgIpc) is 3.07. The SMILES string of the molecule is COC(=O)CCCCCCC(=O)Nc1nnc(-c2ccccc2)s1. The summed E-state index contributed by atoms with van der Waals surface area (Å²) in [6, 6.07) is 9.74. The highest BCUT2D eigenvalue weighted by atomic mass is 32.1. The molecule has 1 N–H and O–H groups in total. The van der Waals surface area contributed by atoms with E-state index in [9.17, 15) is 9.59 Å². The van der Waals surface area contributed by atoms with Gasteiger partial charge >= 0.3 is 5.97 Å². The van der Waals surface area contributed by atoms with E-state index in [0.29, 0.717) is 18.0 Å². The minimum Gasteiger partial charge on any atom is -0.469 e. The highest BCUT2D eigenvalue weighted by molar-refractivity contribution is 7.18. The van der Waals surface area contributed by atoms with Gasteiger partial charge in [-0.15, -0.1) is 10.2 Å². The maximum Gasteiger partial charge on any atom is 0.305 e. The number of hydrogen-bond donors (Lipinski definition) is 1. The molecule has 0 radical (unpaired) electrons. The molecule has 1 aromatic heterocycles. The van der Waals surface area contributed by atoms with Gasteiger partial charge in [0.1, 0.15) is 5.01 Å². The number of carbonyl (C=O) groups excluding carboxylic acids is 2. The molecular formula is C17H21N3O3S. The molecule has 24 heavy (non-hydrogen) atoms. The zero-order valence-electron chi connectivity index (χ0n) is 13.7. The van der Waals surface area contributed by atoms with Crippen LogP contribution in [0.15, 0.2) is 30.3 Å². The van der Waals surface area contributed by atoms with Crippen LogP contribution in [0.4, 0.5) is 5.13 Å². The fraction of sp³-hybridized carbons (Fsp3) is 0.412. The van der Waals surface area contributed by atoms with E-state index in [2.05, 4.69) is 20.3 Å². The maximum absolute atomic E-state index is 11.9. The van der Waals surface area contributed by atoms with Crippen molar-refractivity contribution in [2.75, 3.05) is 12.4 Å². The number of esters is 1. The van der Waals surface area contributed by atoms with Crippen molar-refractivity contribution in [2.24, 2.45) is 0 Å². The van der Waals surface area contributed by atoms with Crippen LogP contribution in [0, 0.1) is 0 Å². The second-order valence-electron chi connectivity index (χ2n) is 5.32. The van der Waals surface area contributed by atoms with Gasteiger partial charge in [-0.1, -0.05) is 54.5 Å². The van der Waals surface area contributed by atoms with Crippen LogP contribution in [0.3, 0.4) is 0 Å². The number of hydrogen-bond acceptors (Lipinski definition) is 6. The Morgan fingerprint density at radius 1 is 1.04 bits per heavy atom. The lowest BCUT2D eigenvalue weighted by Crippen LogP contribution is -2.10. The topological polar surface area (TPSA) is 81.2 Å². The Morgan fingerprint density at radius 2 is 1.75 bits per heavy atom. The van der Waals surface area contributed by atoms with Crippen molar-refractivity contribution in [3.8, 4) is 10.6 Å². The Balaban J connectivity index is 1.66. The lowest BCUT2D eigenvalue weighted by Gasteiger charge is -2.02. The summed E-state index contributed by atoms with van der Waals surface area (Å²) in [6.45, 7) is 0. The normalized spacial score (nSPS) is 10.4. The van der Waals surface area contributed by atoms with E-state index in [1.165, 1.54) is 18.4 Å². The molecule has 1 aromatic carbocycles.